The molecule has 0 atom stereocenters. The summed E-state index contributed by atoms with van der Waals surface area (Å²) in [6, 6.07) is 1.22. The average Bonchev–Trinajstić information content (AvgIpc) is 2.19. The van der Waals surface area contributed by atoms with E-state index in [1.165, 1.54) is 20.3 Å². The molecule has 0 saturated carbocycles. The quantitative estimate of drug-likeness (QED) is 0.808. The number of hydrogen-bond acceptors (Lipinski definition) is 3. The van der Waals surface area contributed by atoms with Crippen LogP contribution in [-0.2, 0) is 6.54 Å². The molecule has 0 bridgehead atoms. The van der Waals surface area contributed by atoms with E-state index >= 15 is 0 Å². The third-order valence-corrected chi connectivity index (χ3v) is 1.85. The molecule has 0 aromatic heterocycles. The van der Waals surface area contributed by atoms with Gasteiger partial charge >= 0.3 is 0 Å². The van der Waals surface area contributed by atoms with E-state index in [0.29, 0.717) is 0 Å². The van der Waals surface area contributed by atoms with Crippen LogP contribution in [-0.4, -0.2) is 14.2 Å². The summed E-state index contributed by atoms with van der Waals surface area (Å²) in [5.41, 5.74) is 5.43. The van der Waals surface area contributed by atoms with Crippen LogP contribution < -0.4 is 15.2 Å². The van der Waals surface area contributed by atoms with E-state index in [-0.39, 0.29) is 17.9 Å². The molecule has 0 spiro atoms. The zero-order valence-corrected chi connectivity index (χ0v) is 7.93. The highest BCUT2D eigenvalue weighted by atomic mass is 19.1. The molecule has 0 fully saturated rings. The fourth-order valence-corrected chi connectivity index (χ4v) is 1.12. The fraction of sp³-hybridized carbons (Fsp3) is 0.333. The van der Waals surface area contributed by atoms with Crippen molar-refractivity contribution in [1.29, 1.82) is 0 Å². The zero-order valence-electron chi connectivity index (χ0n) is 7.93. The number of ether oxygens (including phenoxy) is 2. The van der Waals surface area contributed by atoms with Gasteiger partial charge in [-0.2, -0.15) is 4.39 Å². The highest BCUT2D eigenvalue weighted by Crippen LogP contribution is 2.31. The molecule has 0 aliphatic heterocycles. The van der Waals surface area contributed by atoms with Crippen LogP contribution in [0.4, 0.5) is 8.78 Å². The summed E-state index contributed by atoms with van der Waals surface area (Å²) in [6.07, 6.45) is 0. The molecule has 2 N–H and O–H groups in total. The first-order valence-electron chi connectivity index (χ1n) is 3.94. The van der Waals surface area contributed by atoms with E-state index in [2.05, 4.69) is 4.74 Å². The Labute approximate surface area is 80.4 Å². The van der Waals surface area contributed by atoms with Crippen LogP contribution in [0.2, 0.25) is 0 Å². The number of halogens is 2. The number of hydrogen-bond donors (Lipinski definition) is 1. The lowest BCUT2D eigenvalue weighted by molar-refractivity contribution is 0.331. The summed E-state index contributed by atoms with van der Waals surface area (Å²) >= 11 is 0. The van der Waals surface area contributed by atoms with Crippen LogP contribution >= 0.6 is 0 Å². The third kappa shape index (κ3) is 1.63. The molecule has 0 saturated heterocycles. The van der Waals surface area contributed by atoms with Crippen molar-refractivity contribution < 1.29 is 18.3 Å². The topological polar surface area (TPSA) is 44.5 Å². The fourth-order valence-electron chi connectivity index (χ4n) is 1.12. The number of benzene rings is 1. The molecule has 0 amide bonds. The predicted octanol–water partition coefficient (Wildman–Crippen LogP) is 1.44. The maximum Gasteiger partial charge on any atom is 0.209 e. The lowest BCUT2D eigenvalue weighted by atomic mass is 10.1. The maximum atomic E-state index is 13.3. The third-order valence-electron chi connectivity index (χ3n) is 1.85. The largest absolute Gasteiger partial charge is 0.494 e. The second kappa shape index (κ2) is 4.23. The van der Waals surface area contributed by atoms with E-state index in [0.717, 1.165) is 0 Å². The minimum Gasteiger partial charge on any atom is -0.494 e. The smallest absolute Gasteiger partial charge is 0.209 e. The molecule has 5 heteroatoms. The van der Waals surface area contributed by atoms with E-state index < -0.39 is 17.4 Å². The Morgan fingerprint density at radius 1 is 1.21 bits per heavy atom. The van der Waals surface area contributed by atoms with Gasteiger partial charge in [-0.3, -0.25) is 0 Å². The summed E-state index contributed by atoms with van der Waals surface area (Å²) in [5.74, 6) is -2.19. The molecule has 14 heavy (non-hydrogen) atoms. The van der Waals surface area contributed by atoms with Crippen molar-refractivity contribution in [2.75, 3.05) is 14.2 Å². The molecule has 0 unspecified atom stereocenters. The summed E-state index contributed by atoms with van der Waals surface area (Å²) in [5, 5.41) is 0. The summed E-state index contributed by atoms with van der Waals surface area (Å²) in [7, 11) is 2.47. The van der Waals surface area contributed by atoms with Crippen LogP contribution in [0.5, 0.6) is 11.5 Å². The van der Waals surface area contributed by atoms with Crippen molar-refractivity contribution >= 4 is 0 Å². The Kier molecular flexibility index (Phi) is 3.24. The van der Waals surface area contributed by atoms with Gasteiger partial charge in [0, 0.05) is 12.1 Å². The van der Waals surface area contributed by atoms with Crippen molar-refractivity contribution in [2.24, 2.45) is 5.73 Å². The molecule has 0 aliphatic rings. The van der Waals surface area contributed by atoms with Gasteiger partial charge in [0.05, 0.1) is 14.2 Å². The monoisotopic (exact) mass is 203 g/mol. The Morgan fingerprint density at radius 3 is 2.29 bits per heavy atom. The standard InChI is InChI=1S/C9H11F2NO2/c1-13-6-3-5(4-12)7(10)9(14-2)8(6)11/h3H,4,12H2,1-2H3. The first-order valence-corrected chi connectivity index (χ1v) is 3.94. The highest BCUT2D eigenvalue weighted by molar-refractivity contribution is 5.42. The van der Waals surface area contributed by atoms with Gasteiger partial charge in [-0.1, -0.05) is 0 Å². The van der Waals surface area contributed by atoms with Crippen LogP contribution in [0.25, 0.3) is 0 Å². The van der Waals surface area contributed by atoms with Crippen molar-refractivity contribution in [3.05, 3.63) is 23.3 Å². The van der Waals surface area contributed by atoms with Gasteiger partial charge < -0.3 is 15.2 Å². The summed E-state index contributed by atoms with van der Waals surface area (Å²) in [4.78, 5) is 0. The van der Waals surface area contributed by atoms with E-state index in [1.807, 2.05) is 0 Å². The van der Waals surface area contributed by atoms with Gasteiger partial charge in [-0.25, -0.2) is 4.39 Å². The molecular weight excluding hydrogens is 192 g/mol. The van der Waals surface area contributed by atoms with Gasteiger partial charge in [0.25, 0.3) is 0 Å². The average molecular weight is 203 g/mol. The summed E-state index contributed by atoms with van der Waals surface area (Å²) < 4.78 is 36.0. The molecule has 1 aromatic carbocycles. The molecule has 0 heterocycles. The van der Waals surface area contributed by atoms with Gasteiger partial charge in [-0.05, 0) is 6.07 Å². The second-order valence-corrected chi connectivity index (χ2v) is 2.60. The predicted molar refractivity (Wildman–Crippen MR) is 47.4 cm³/mol. The van der Waals surface area contributed by atoms with Crippen LogP contribution in [0.1, 0.15) is 5.56 Å². The lowest BCUT2D eigenvalue weighted by Gasteiger charge is -2.10. The maximum absolute atomic E-state index is 13.3. The van der Waals surface area contributed by atoms with E-state index in [1.54, 1.807) is 0 Å². The molecule has 0 radical (unpaired) electrons. The van der Waals surface area contributed by atoms with E-state index in [9.17, 15) is 8.78 Å². The highest BCUT2D eigenvalue weighted by Gasteiger charge is 2.18. The Bertz CT molecular complexity index is 314. The molecule has 0 aliphatic carbocycles. The first kappa shape index (κ1) is 10.7. The molecular formula is C9H11F2NO2. The van der Waals surface area contributed by atoms with Crippen molar-refractivity contribution in [1.82, 2.24) is 0 Å². The minimum atomic E-state index is -0.857. The van der Waals surface area contributed by atoms with E-state index in [4.69, 9.17) is 10.5 Å². The van der Waals surface area contributed by atoms with Crippen LogP contribution in [0.15, 0.2) is 6.07 Å². The SMILES string of the molecule is COc1cc(CN)c(F)c(OC)c1F. The van der Waals surface area contributed by atoms with Gasteiger partial charge in [0.1, 0.15) is 0 Å². The Morgan fingerprint density at radius 2 is 1.86 bits per heavy atom. The van der Waals surface area contributed by atoms with Crippen LogP contribution in [0, 0.1) is 11.6 Å². The van der Waals surface area contributed by atoms with Crippen molar-refractivity contribution in [3.63, 3.8) is 0 Å². The van der Waals surface area contributed by atoms with Gasteiger partial charge in [0.15, 0.2) is 17.3 Å². The minimum absolute atomic E-state index is 0.0428. The second-order valence-electron chi connectivity index (χ2n) is 2.60. The molecule has 1 rings (SSSR count). The van der Waals surface area contributed by atoms with Crippen molar-refractivity contribution in [2.45, 2.75) is 6.54 Å². The normalized spacial score (nSPS) is 10.1. The van der Waals surface area contributed by atoms with Crippen LogP contribution in [0.3, 0.4) is 0 Å². The van der Waals surface area contributed by atoms with Crippen molar-refractivity contribution in [3.8, 4) is 11.5 Å². The Hall–Kier alpha value is -1.36. The zero-order chi connectivity index (χ0) is 10.7. The lowest BCUT2D eigenvalue weighted by Crippen LogP contribution is -2.05. The number of nitrogens with two attached hydrogens (primary N) is 1. The molecule has 3 nitrogen and oxygen atoms in total. The number of methoxy groups -OCH3 is 2. The Balaban J connectivity index is 3.39. The summed E-state index contributed by atoms with van der Waals surface area (Å²) in [6.45, 7) is -0.0428. The molecule has 78 valence electrons. The molecule has 1 aromatic rings. The number of rotatable bonds is 3. The van der Waals surface area contributed by atoms with Gasteiger partial charge in [-0.15, -0.1) is 0 Å². The first-order chi connectivity index (χ1) is 6.65. The van der Waals surface area contributed by atoms with Gasteiger partial charge in [0.2, 0.25) is 5.82 Å².